The molecule has 0 heterocycles. The summed E-state index contributed by atoms with van der Waals surface area (Å²) < 4.78 is 39.8. The van der Waals surface area contributed by atoms with Crippen molar-refractivity contribution in [1.82, 2.24) is 0 Å². The lowest BCUT2D eigenvalue weighted by molar-refractivity contribution is -0.229. The number of fused-ring (bicyclic) bond motifs is 5. The predicted octanol–water partition coefficient (Wildman–Crippen LogP) is 6.56. The predicted molar refractivity (Wildman–Crippen MR) is 169 cm³/mol. The van der Waals surface area contributed by atoms with Crippen molar-refractivity contribution in [3.63, 3.8) is 0 Å². The van der Waals surface area contributed by atoms with Gasteiger partial charge in [0, 0.05) is 28.2 Å². The molecule has 0 bridgehead atoms. The van der Waals surface area contributed by atoms with Crippen LogP contribution in [0.3, 0.4) is 0 Å². The molecular formula is C36H44F2O6S. The Morgan fingerprint density at radius 3 is 2.31 bits per heavy atom. The van der Waals surface area contributed by atoms with Crippen LogP contribution in [-0.4, -0.2) is 57.1 Å². The number of carbonyl (C=O) groups is 4. The third kappa shape index (κ3) is 4.73. The number of ether oxygens (including phenoxy) is 1. The average molecular weight is 643 g/mol. The second-order valence-corrected chi connectivity index (χ2v) is 15.5. The summed E-state index contributed by atoms with van der Waals surface area (Å²) in [5, 5.41) is 11.2. The maximum atomic E-state index is 17.7. The number of allylic oxidation sites excluding steroid dienone is 4. The van der Waals surface area contributed by atoms with Gasteiger partial charge in [0.05, 0.1) is 17.8 Å². The van der Waals surface area contributed by atoms with E-state index in [-0.39, 0.29) is 36.4 Å². The molecule has 3 fully saturated rings. The molecule has 0 radical (unpaired) electrons. The number of halogens is 2. The summed E-state index contributed by atoms with van der Waals surface area (Å²) in [5.41, 5.74) is -3.74. The van der Waals surface area contributed by atoms with Gasteiger partial charge in [-0.05, 0) is 81.7 Å². The van der Waals surface area contributed by atoms with E-state index < -0.39 is 74.9 Å². The zero-order chi connectivity index (χ0) is 33.4. The van der Waals surface area contributed by atoms with Gasteiger partial charge >= 0.3 is 5.97 Å². The van der Waals surface area contributed by atoms with Gasteiger partial charge in [0.15, 0.2) is 22.8 Å². The first-order valence-electron chi connectivity index (χ1n) is 15.8. The number of benzene rings is 1. The van der Waals surface area contributed by atoms with Crippen LogP contribution in [0.1, 0.15) is 80.9 Å². The lowest BCUT2D eigenvalue weighted by Crippen LogP contribution is -2.70. The Bertz CT molecular complexity index is 1510. The largest absolute Gasteiger partial charge is 0.449 e. The number of alkyl halides is 2. The van der Waals surface area contributed by atoms with Gasteiger partial charge in [-0.15, -0.1) is 0 Å². The number of carbonyl (C=O) groups excluding carboxylic acids is 4. The molecule has 4 aliphatic rings. The van der Waals surface area contributed by atoms with E-state index in [0.29, 0.717) is 5.56 Å². The number of rotatable bonds is 6. The van der Waals surface area contributed by atoms with Gasteiger partial charge < -0.3 is 9.84 Å². The van der Waals surface area contributed by atoms with Gasteiger partial charge in [-0.1, -0.05) is 63.2 Å². The molecule has 0 aliphatic heterocycles. The average Bonchev–Trinajstić information content (AvgIpc) is 3.16. The monoisotopic (exact) mass is 642 g/mol. The molecular weight excluding hydrogens is 598 g/mol. The highest BCUT2D eigenvalue weighted by atomic mass is 32.2. The van der Waals surface area contributed by atoms with Gasteiger partial charge in [0.1, 0.15) is 6.17 Å². The molecule has 0 saturated heterocycles. The van der Waals surface area contributed by atoms with E-state index in [0.717, 1.165) is 34.5 Å². The summed E-state index contributed by atoms with van der Waals surface area (Å²) >= 11 is 0.784. The van der Waals surface area contributed by atoms with Crippen molar-refractivity contribution >= 4 is 34.4 Å². The van der Waals surface area contributed by atoms with Crippen LogP contribution in [0.4, 0.5) is 8.78 Å². The molecule has 0 aromatic heterocycles. The van der Waals surface area contributed by atoms with E-state index in [1.54, 1.807) is 27.7 Å². The van der Waals surface area contributed by atoms with E-state index in [1.165, 1.54) is 19.1 Å². The van der Waals surface area contributed by atoms with E-state index in [1.807, 2.05) is 32.9 Å². The van der Waals surface area contributed by atoms with Gasteiger partial charge in [-0.3, -0.25) is 19.2 Å². The van der Waals surface area contributed by atoms with E-state index in [9.17, 15) is 24.3 Å². The van der Waals surface area contributed by atoms with E-state index in [2.05, 4.69) is 0 Å². The molecule has 0 amide bonds. The molecule has 1 aromatic carbocycles. The summed E-state index contributed by atoms with van der Waals surface area (Å²) in [6, 6.07) is 3.83. The highest BCUT2D eigenvalue weighted by Gasteiger charge is 2.78. The molecule has 1 N–H and O–H groups in total. The SMILES string of the molecule is Cc1cc(C)c(C(=O)CSC(=O)[C@@]2(OC(=O)C(C)C)[C@H](C)C[C@H]3[C@@H]4C[C@H](F)C5=CC(=O)C=C[C@]5(C)[C@@]4(F)[C@@H](O)C[C@@]32C)c(C)c1. The van der Waals surface area contributed by atoms with Crippen LogP contribution < -0.4 is 0 Å². The molecule has 9 atom stereocenters. The summed E-state index contributed by atoms with van der Waals surface area (Å²) in [7, 11) is 0. The van der Waals surface area contributed by atoms with Crippen molar-refractivity contribution in [2.75, 3.05) is 5.75 Å². The van der Waals surface area contributed by atoms with Gasteiger partial charge in [0.2, 0.25) is 5.12 Å². The first-order valence-corrected chi connectivity index (χ1v) is 16.8. The second-order valence-electron chi connectivity index (χ2n) is 14.6. The molecule has 5 rings (SSSR count). The molecule has 1 aromatic rings. The number of hydrogen-bond acceptors (Lipinski definition) is 7. The number of aliphatic hydroxyl groups is 1. The van der Waals surface area contributed by atoms with Crippen LogP contribution in [0.2, 0.25) is 0 Å². The third-order valence-electron chi connectivity index (χ3n) is 11.5. The molecule has 4 aliphatic carbocycles. The van der Waals surface area contributed by atoms with Crippen LogP contribution in [0, 0.1) is 55.3 Å². The van der Waals surface area contributed by atoms with Crippen molar-refractivity contribution in [1.29, 1.82) is 0 Å². The maximum Gasteiger partial charge on any atom is 0.309 e. The van der Waals surface area contributed by atoms with Gasteiger partial charge in [-0.25, -0.2) is 8.78 Å². The Kier molecular flexibility index (Phi) is 8.43. The Hall–Kier alpha value is -2.65. The molecule has 244 valence electrons. The van der Waals surface area contributed by atoms with Crippen LogP contribution >= 0.6 is 11.8 Å². The fourth-order valence-corrected chi connectivity index (χ4v) is 10.5. The molecule has 0 spiro atoms. The summed E-state index contributed by atoms with van der Waals surface area (Å²) in [6.07, 6.45) is 0.223. The number of aryl methyl sites for hydroxylation is 3. The van der Waals surface area contributed by atoms with Crippen molar-refractivity contribution in [3.05, 3.63) is 58.2 Å². The standard InChI is InChI=1S/C36H44F2O6S/c1-18(2)31(42)44-36(32(43)45-17-28(40)30-20(4)11-19(3)12-21(30)5)22(6)13-24-25-15-27(37)26-14-23(39)9-10-33(26,7)35(25,38)29(41)16-34(24,36)8/h9-12,14,18,22,24-25,27,29,41H,13,15-17H2,1-8H3/t22-,24+,25+,27+,29+,33+,34+,35+,36+/m1/s1. The molecule has 3 saturated carbocycles. The minimum Gasteiger partial charge on any atom is -0.449 e. The van der Waals surface area contributed by atoms with Crippen molar-refractivity contribution in [3.8, 4) is 0 Å². The van der Waals surface area contributed by atoms with Gasteiger partial charge in [0.25, 0.3) is 0 Å². The van der Waals surface area contributed by atoms with E-state index in [4.69, 9.17) is 4.74 Å². The number of ketones is 2. The zero-order valence-electron chi connectivity index (χ0n) is 27.3. The summed E-state index contributed by atoms with van der Waals surface area (Å²) in [5.74, 6) is -4.30. The molecule has 6 nitrogen and oxygen atoms in total. The Morgan fingerprint density at radius 1 is 1.09 bits per heavy atom. The smallest absolute Gasteiger partial charge is 0.309 e. The van der Waals surface area contributed by atoms with Crippen LogP contribution in [0.5, 0.6) is 0 Å². The number of aliphatic hydroxyl groups excluding tert-OH is 1. The fourth-order valence-electron chi connectivity index (χ4n) is 9.42. The van der Waals surface area contributed by atoms with Gasteiger partial charge in [-0.2, -0.15) is 0 Å². The minimum absolute atomic E-state index is 0.0202. The number of Topliss-reactive ketones (excluding diaryl/α,β-unsaturated/α-hetero) is 1. The lowest BCUT2D eigenvalue weighted by Gasteiger charge is -2.63. The second kappa shape index (κ2) is 11.3. The molecule has 9 heteroatoms. The van der Waals surface area contributed by atoms with Crippen molar-refractivity contribution in [2.24, 2.45) is 34.5 Å². The molecule has 45 heavy (non-hydrogen) atoms. The van der Waals surface area contributed by atoms with E-state index >= 15 is 8.78 Å². The quantitative estimate of drug-likeness (QED) is 0.277. The van der Waals surface area contributed by atoms with Crippen molar-refractivity contribution in [2.45, 2.75) is 98.2 Å². The van der Waals surface area contributed by atoms with Crippen LogP contribution in [-0.2, 0) is 19.1 Å². The topological polar surface area (TPSA) is 97.7 Å². The number of hydrogen-bond donors (Lipinski definition) is 1. The number of thioether (sulfide) groups is 1. The fraction of sp³-hybridized carbons (Fsp3) is 0.611. The zero-order valence-corrected chi connectivity index (χ0v) is 28.1. The highest BCUT2D eigenvalue weighted by Crippen LogP contribution is 2.72. The lowest BCUT2D eigenvalue weighted by atomic mass is 9.44. The summed E-state index contributed by atoms with van der Waals surface area (Å²) in [6.45, 7) is 14.0. The van der Waals surface area contributed by atoms with Crippen LogP contribution in [0.25, 0.3) is 0 Å². The first kappa shape index (κ1) is 33.7. The maximum absolute atomic E-state index is 17.7. The third-order valence-corrected chi connectivity index (χ3v) is 12.5. The Morgan fingerprint density at radius 2 is 1.71 bits per heavy atom. The van der Waals surface area contributed by atoms with Crippen molar-refractivity contribution < 1.29 is 37.8 Å². The Labute approximate surface area is 268 Å². The Balaban J connectivity index is 1.56. The first-order chi connectivity index (χ1) is 20.8. The highest BCUT2D eigenvalue weighted by molar-refractivity contribution is 8.14. The minimum atomic E-state index is -2.33. The summed E-state index contributed by atoms with van der Waals surface area (Å²) in [4.78, 5) is 53.5. The van der Waals surface area contributed by atoms with Crippen LogP contribution in [0.15, 0.2) is 35.9 Å². The normalized spacial score (nSPS) is 38.7. The molecule has 0 unspecified atom stereocenters. The number of esters is 1.